The van der Waals surface area contributed by atoms with Crippen molar-refractivity contribution in [2.75, 3.05) is 0 Å². The number of hydrogen-bond donors (Lipinski definition) is 0. The summed E-state index contributed by atoms with van der Waals surface area (Å²) in [6.45, 7) is 0. The Morgan fingerprint density at radius 1 is 0.500 bits per heavy atom. The molecule has 0 saturated heterocycles. The van der Waals surface area contributed by atoms with Crippen LogP contribution < -0.4 is 0 Å². The van der Waals surface area contributed by atoms with E-state index in [9.17, 15) is 0 Å². The van der Waals surface area contributed by atoms with Gasteiger partial charge in [0.15, 0.2) is 0 Å². The molecular formula is C12H22O2. The third-order valence-corrected chi connectivity index (χ3v) is 3.43. The van der Waals surface area contributed by atoms with E-state index in [0.717, 1.165) is 0 Å². The Morgan fingerprint density at radius 3 is 1.21 bits per heavy atom. The lowest BCUT2D eigenvalue weighted by Crippen LogP contribution is -2.23. The van der Waals surface area contributed by atoms with Crippen molar-refractivity contribution < 1.29 is 9.78 Å². The van der Waals surface area contributed by atoms with E-state index in [-0.39, 0.29) is 0 Å². The zero-order valence-corrected chi connectivity index (χ0v) is 9.04. The van der Waals surface area contributed by atoms with Crippen LogP contribution in [0, 0.1) is 0 Å². The van der Waals surface area contributed by atoms with Crippen molar-refractivity contribution in [3.05, 3.63) is 0 Å². The molecule has 2 saturated carbocycles. The molecule has 0 unspecified atom stereocenters. The summed E-state index contributed by atoms with van der Waals surface area (Å²) in [7, 11) is 0. The highest BCUT2D eigenvalue weighted by atomic mass is 17.2. The van der Waals surface area contributed by atoms with E-state index in [1.165, 1.54) is 64.2 Å². The third-order valence-electron chi connectivity index (χ3n) is 3.43. The van der Waals surface area contributed by atoms with E-state index < -0.39 is 0 Å². The molecule has 2 rings (SSSR count). The summed E-state index contributed by atoms with van der Waals surface area (Å²) < 4.78 is 0. The molecule has 2 fully saturated rings. The fourth-order valence-electron chi connectivity index (χ4n) is 2.48. The van der Waals surface area contributed by atoms with Crippen molar-refractivity contribution in [3.63, 3.8) is 0 Å². The fourth-order valence-corrected chi connectivity index (χ4v) is 2.48. The Bertz CT molecular complexity index is 128. The molecule has 82 valence electrons. The Labute approximate surface area is 86.9 Å². The first kappa shape index (κ1) is 10.4. The molecule has 0 aromatic rings. The SMILES string of the molecule is C1CCC(OOC2CCCCC2)CC1. The summed E-state index contributed by atoms with van der Waals surface area (Å²) in [6.07, 6.45) is 13.6. The second-order valence-corrected chi connectivity index (χ2v) is 4.71. The van der Waals surface area contributed by atoms with Crippen molar-refractivity contribution in [1.29, 1.82) is 0 Å². The molecule has 0 radical (unpaired) electrons. The topological polar surface area (TPSA) is 18.5 Å². The Hall–Kier alpha value is -0.0800. The van der Waals surface area contributed by atoms with Gasteiger partial charge in [-0.3, -0.25) is 0 Å². The predicted octanol–water partition coefficient (Wildman–Crippen LogP) is 3.60. The van der Waals surface area contributed by atoms with Gasteiger partial charge in [0, 0.05) is 0 Å². The summed E-state index contributed by atoms with van der Waals surface area (Å²) in [5.74, 6) is 0. The molecule has 0 aliphatic heterocycles. The molecule has 0 atom stereocenters. The smallest absolute Gasteiger partial charge is 0.0930 e. The number of rotatable bonds is 3. The van der Waals surface area contributed by atoms with Crippen LogP contribution in [0.4, 0.5) is 0 Å². The van der Waals surface area contributed by atoms with Gasteiger partial charge < -0.3 is 0 Å². The average molecular weight is 198 g/mol. The number of hydrogen-bond acceptors (Lipinski definition) is 2. The van der Waals surface area contributed by atoms with Crippen LogP contribution in [0.5, 0.6) is 0 Å². The lowest BCUT2D eigenvalue weighted by atomic mass is 9.98. The van der Waals surface area contributed by atoms with Gasteiger partial charge in [-0.2, -0.15) is 0 Å². The summed E-state index contributed by atoms with van der Waals surface area (Å²) in [5.41, 5.74) is 0. The van der Waals surface area contributed by atoms with Crippen LogP contribution in [0.2, 0.25) is 0 Å². The first-order valence-electron chi connectivity index (χ1n) is 6.27. The first-order valence-corrected chi connectivity index (χ1v) is 6.27. The van der Waals surface area contributed by atoms with Gasteiger partial charge in [0.25, 0.3) is 0 Å². The van der Waals surface area contributed by atoms with Crippen LogP contribution in [0.3, 0.4) is 0 Å². The molecule has 0 aromatic carbocycles. The molecule has 0 amide bonds. The van der Waals surface area contributed by atoms with Gasteiger partial charge in [0.05, 0.1) is 12.2 Å². The van der Waals surface area contributed by atoms with Crippen LogP contribution in [0.1, 0.15) is 64.2 Å². The maximum Gasteiger partial charge on any atom is 0.0930 e. The standard InChI is InChI=1S/C12H22O2/c1-3-7-11(8-4-1)13-14-12-9-5-2-6-10-12/h11-12H,1-10H2. The molecule has 2 aliphatic rings. The van der Waals surface area contributed by atoms with Gasteiger partial charge in [-0.25, -0.2) is 9.78 Å². The first-order chi connectivity index (χ1) is 6.95. The van der Waals surface area contributed by atoms with Crippen molar-refractivity contribution in [2.45, 2.75) is 76.4 Å². The molecule has 0 aromatic heterocycles. The van der Waals surface area contributed by atoms with E-state index in [4.69, 9.17) is 9.78 Å². The Balaban J connectivity index is 1.60. The second kappa shape index (κ2) is 5.72. The van der Waals surface area contributed by atoms with Crippen LogP contribution >= 0.6 is 0 Å². The largest absolute Gasteiger partial charge is 0.233 e. The lowest BCUT2D eigenvalue weighted by Gasteiger charge is -2.25. The van der Waals surface area contributed by atoms with E-state index >= 15 is 0 Å². The molecule has 2 nitrogen and oxygen atoms in total. The maximum absolute atomic E-state index is 5.52. The maximum atomic E-state index is 5.52. The highest BCUT2D eigenvalue weighted by molar-refractivity contribution is 4.65. The molecule has 0 bridgehead atoms. The Kier molecular flexibility index (Phi) is 4.26. The van der Waals surface area contributed by atoms with Gasteiger partial charge in [-0.05, 0) is 25.7 Å². The van der Waals surface area contributed by atoms with Crippen LogP contribution in [-0.4, -0.2) is 12.2 Å². The van der Waals surface area contributed by atoms with Crippen molar-refractivity contribution in [1.82, 2.24) is 0 Å². The van der Waals surface area contributed by atoms with E-state index in [0.29, 0.717) is 12.2 Å². The Morgan fingerprint density at radius 2 is 0.857 bits per heavy atom. The molecule has 2 aliphatic carbocycles. The highest BCUT2D eigenvalue weighted by Gasteiger charge is 2.19. The van der Waals surface area contributed by atoms with Gasteiger partial charge in [0.1, 0.15) is 0 Å². The van der Waals surface area contributed by atoms with E-state index in [1.54, 1.807) is 0 Å². The fraction of sp³-hybridized carbons (Fsp3) is 1.00. The quantitative estimate of drug-likeness (QED) is 0.509. The summed E-state index contributed by atoms with van der Waals surface area (Å²) >= 11 is 0. The zero-order chi connectivity index (χ0) is 9.64. The average Bonchev–Trinajstić information content (AvgIpc) is 2.29. The van der Waals surface area contributed by atoms with Gasteiger partial charge >= 0.3 is 0 Å². The van der Waals surface area contributed by atoms with Crippen LogP contribution in [-0.2, 0) is 9.78 Å². The minimum Gasteiger partial charge on any atom is -0.233 e. The second-order valence-electron chi connectivity index (χ2n) is 4.71. The summed E-state index contributed by atoms with van der Waals surface area (Å²) in [4.78, 5) is 11.0. The van der Waals surface area contributed by atoms with Crippen LogP contribution in [0.15, 0.2) is 0 Å². The van der Waals surface area contributed by atoms with E-state index in [1.807, 2.05) is 0 Å². The van der Waals surface area contributed by atoms with Crippen LogP contribution in [0.25, 0.3) is 0 Å². The van der Waals surface area contributed by atoms with Crippen molar-refractivity contribution >= 4 is 0 Å². The van der Waals surface area contributed by atoms with Gasteiger partial charge in [0.2, 0.25) is 0 Å². The molecular weight excluding hydrogens is 176 g/mol. The normalized spacial score (nSPS) is 26.6. The monoisotopic (exact) mass is 198 g/mol. The third kappa shape index (κ3) is 3.25. The minimum atomic E-state index is 0.394. The lowest BCUT2D eigenvalue weighted by molar-refractivity contribution is -0.358. The predicted molar refractivity (Wildman–Crippen MR) is 55.9 cm³/mol. The van der Waals surface area contributed by atoms with Crippen molar-refractivity contribution in [3.8, 4) is 0 Å². The molecule has 14 heavy (non-hydrogen) atoms. The highest BCUT2D eigenvalue weighted by Crippen LogP contribution is 2.24. The molecule has 2 heteroatoms. The molecule has 0 heterocycles. The zero-order valence-electron chi connectivity index (χ0n) is 9.04. The molecule has 0 N–H and O–H groups in total. The van der Waals surface area contributed by atoms with Gasteiger partial charge in [-0.1, -0.05) is 38.5 Å². The van der Waals surface area contributed by atoms with E-state index in [2.05, 4.69) is 0 Å². The summed E-state index contributed by atoms with van der Waals surface area (Å²) in [6, 6.07) is 0. The van der Waals surface area contributed by atoms with Crippen molar-refractivity contribution in [2.24, 2.45) is 0 Å². The van der Waals surface area contributed by atoms with Gasteiger partial charge in [-0.15, -0.1) is 0 Å². The summed E-state index contributed by atoms with van der Waals surface area (Å²) in [5, 5.41) is 0. The molecule has 0 spiro atoms. The minimum absolute atomic E-state index is 0.394.